The van der Waals surface area contributed by atoms with Crippen LogP contribution in [0, 0.1) is 5.82 Å². The smallest absolute Gasteiger partial charge is 0.342 e. The van der Waals surface area contributed by atoms with E-state index in [1.54, 1.807) is 13.0 Å². The molecule has 0 fully saturated rings. The lowest BCUT2D eigenvalue weighted by atomic mass is 10.0. The van der Waals surface area contributed by atoms with Gasteiger partial charge in [-0.05, 0) is 19.4 Å². The molecule has 130 valence electrons. The molecule has 7 heteroatoms. The van der Waals surface area contributed by atoms with Crippen molar-refractivity contribution in [1.82, 2.24) is 4.72 Å². The Balaban J connectivity index is 3.01. The fourth-order valence-corrected chi connectivity index (χ4v) is 3.43. The van der Waals surface area contributed by atoms with Crippen LogP contribution in [0.3, 0.4) is 0 Å². The summed E-state index contributed by atoms with van der Waals surface area (Å²) >= 11 is -0.776. The zero-order valence-electron chi connectivity index (χ0n) is 13.7. The molecular weight excluding hydrogens is 324 g/mol. The summed E-state index contributed by atoms with van der Waals surface area (Å²) in [6.07, 6.45) is -0.182. The van der Waals surface area contributed by atoms with Gasteiger partial charge in [-0.15, -0.1) is 0 Å². The number of hydrogen-bond acceptors (Lipinski definition) is 4. The highest BCUT2D eigenvalue weighted by molar-refractivity contribution is 7.90. The Morgan fingerprint density at radius 2 is 2.04 bits per heavy atom. The standard InChI is InChI=1S/C16H24F2NO3S/c1-4-6-11-23(21-3)19-15(14(18)16(20)22-5-2)12-9-7-8-10-13(12)17/h7-10,14-15,19H,4-6,11H2,1-3H3/q+1/t14-,15?,23?/m0/s1. The molecule has 1 rings (SSSR count). The van der Waals surface area contributed by atoms with E-state index >= 15 is 0 Å². The molecule has 2 unspecified atom stereocenters. The molecule has 0 saturated heterocycles. The highest BCUT2D eigenvalue weighted by atomic mass is 32.2. The van der Waals surface area contributed by atoms with Gasteiger partial charge in [0.25, 0.3) is 0 Å². The fraction of sp³-hybridized carbons (Fsp3) is 0.562. The number of rotatable bonds is 10. The molecule has 0 aliphatic heterocycles. The summed E-state index contributed by atoms with van der Waals surface area (Å²) in [5, 5.41) is 0. The van der Waals surface area contributed by atoms with E-state index in [2.05, 4.69) is 4.72 Å². The van der Waals surface area contributed by atoms with Gasteiger partial charge in [0.15, 0.2) is 5.75 Å². The summed E-state index contributed by atoms with van der Waals surface area (Å²) in [7, 11) is 1.50. The lowest BCUT2D eigenvalue weighted by molar-refractivity contribution is -0.150. The summed E-state index contributed by atoms with van der Waals surface area (Å²) in [5.74, 6) is -0.927. The predicted octanol–water partition coefficient (Wildman–Crippen LogP) is 3.25. The quantitative estimate of drug-likeness (QED) is 0.521. The van der Waals surface area contributed by atoms with Crippen molar-refractivity contribution in [2.24, 2.45) is 0 Å². The lowest BCUT2D eigenvalue weighted by Crippen LogP contribution is -2.41. The maximum atomic E-state index is 14.6. The minimum Gasteiger partial charge on any atom is -0.464 e. The molecule has 1 aromatic carbocycles. The Labute approximate surface area is 139 Å². The van der Waals surface area contributed by atoms with Crippen molar-refractivity contribution in [2.45, 2.75) is 38.9 Å². The molecule has 0 aliphatic carbocycles. The first-order chi connectivity index (χ1) is 11.0. The Morgan fingerprint density at radius 3 is 2.61 bits per heavy atom. The number of ether oxygens (including phenoxy) is 1. The second-order valence-corrected chi connectivity index (χ2v) is 6.51. The fourth-order valence-electron chi connectivity index (χ4n) is 1.97. The van der Waals surface area contributed by atoms with E-state index < -0.39 is 35.4 Å². The minimum atomic E-state index is -2.02. The van der Waals surface area contributed by atoms with Crippen molar-refractivity contribution >= 4 is 17.3 Å². The third-order valence-corrected chi connectivity index (χ3v) is 4.77. The number of carbonyl (C=O) groups is 1. The van der Waals surface area contributed by atoms with E-state index in [1.165, 1.54) is 25.3 Å². The lowest BCUT2D eigenvalue weighted by Gasteiger charge is -2.20. The van der Waals surface area contributed by atoms with Gasteiger partial charge in [-0.3, -0.25) is 0 Å². The number of halogens is 2. The maximum Gasteiger partial charge on any atom is 0.342 e. The average molecular weight is 348 g/mol. The number of alkyl halides is 1. The van der Waals surface area contributed by atoms with Gasteiger partial charge in [0.05, 0.1) is 13.7 Å². The summed E-state index contributed by atoms with van der Waals surface area (Å²) in [4.78, 5) is 11.8. The van der Waals surface area contributed by atoms with Crippen LogP contribution in [-0.4, -0.2) is 31.6 Å². The molecule has 0 amide bonds. The van der Waals surface area contributed by atoms with Crippen molar-refractivity contribution in [3.8, 4) is 0 Å². The van der Waals surface area contributed by atoms with Gasteiger partial charge in [0.1, 0.15) is 11.9 Å². The van der Waals surface area contributed by atoms with Gasteiger partial charge in [0.2, 0.25) is 17.5 Å². The van der Waals surface area contributed by atoms with E-state index in [4.69, 9.17) is 8.92 Å². The molecule has 0 saturated carbocycles. The summed E-state index contributed by atoms with van der Waals surface area (Å²) in [5.41, 5.74) is 0.0825. The SMILES string of the molecule is CCCC[S+](NC(c1ccccc1F)[C@H](F)C(=O)OCC)OC. The average Bonchev–Trinajstić information content (AvgIpc) is 2.56. The van der Waals surface area contributed by atoms with Gasteiger partial charge in [0, 0.05) is 5.56 Å². The normalized spacial score (nSPS) is 15.0. The minimum absolute atomic E-state index is 0.0646. The first-order valence-electron chi connectivity index (χ1n) is 7.61. The zero-order valence-corrected chi connectivity index (χ0v) is 14.5. The highest BCUT2D eigenvalue weighted by Gasteiger charge is 2.38. The van der Waals surface area contributed by atoms with Crippen molar-refractivity contribution in [3.05, 3.63) is 35.6 Å². The topological polar surface area (TPSA) is 47.6 Å². The third kappa shape index (κ3) is 6.08. The Kier molecular flexibility index (Phi) is 9.13. The van der Waals surface area contributed by atoms with Gasteiger partial charge >= 0.3 is 5.97 Å². The molecule has 0 spiro atoms. The Bertz CT molecular complexity index is 490. The maximum absolute atomic E-state index is 14.6. The number of nitrogens with one attached hydrogen (secondary N) is 1. The molecule has 0 bridgehead atoms. The first kappa shape index (κ1) is 19.9. The van der Waals surface area contributed by atoms with Gasteiger partial charge in [-0.2, -0.15) is 4.18 Å². The summed E-state index contributed by atoms with van der Waals surface area (Å²) < 4.78 is 41.6. The Morgan fingerprint density at radius 1 is 1.35 bits per heavy atom. The molecule has 23 heavy (non-hydrogen) atoms. The van der Waals surface area contributed by atoms with Crippen LogP contribution in [0.5, 0.6) is 0 Å². The first-order valence-corrected chi connectivity index (χ1v) is 8.93. The Hall–Kier alpha value is -1.18. The largest absolute Gasteiger partial charge is 0.464 e. The van der Waals surface area contributed by atoms with Crippen LogP contribution in [0.25, 0.3) is 0 Å². The van der Waals surface area contributed by atoms with E-state index in [1.807, 2.05) is 6.92 Å². The van der Waals surface area contributed by atoms with Crippen LogP contribution >= 0.6 is 0 Å². The number of esters is 1. The van der Waals surface area contributed by atoms with Crippen molar-refractivity contribution in [1.29, 1.82) is 0 Å². The highest BCUT2D eigenvalue weighted by Crippen LogP contribution is 2.25. The van der Waals surface area contributed by atoms with Crippen molar-refractivity contribution in [2.75, 3.05) is 19.5 Å². The molecule has 0 aliphatic rings. The predicted molar refractivity (Wildman–Crippen MR) is 88.0 cm³/mol. The summed E-state index contributed by atoms with van der Waals surface area (Å²) in [6, 6.07) is 4.65. The zero-order chi connectivity index (χ0) is 17.2. The second-order valence-electron chi connectivity index (χ2n) is 4.84. The van der Waals surface area contributed by atoms with Crippen LogP contribution in [0.15, 0.2) is 24.3 Å². The molecule has 3 atom stereocenters. The van der Waals surface area contributed by atoms with Crippen molar-refractivity contribution < 1.29 is 22.5 Å². The van der Waals surface area contributed by atoms with Crippen LogP contribution in [-0.2, 0) is 25.1 Å². The van der Waals surface area contributed by atoms with Crippen molar-refractivity contribution in [3.63, 3.8) is 0 Å². The monoisotopic (exact) mass is 348 g/mol. The summed E-state index contributed by atoms with van der Waals surface area (Å²) in [6.45, 7) is 3.69. The second kappa shape index (κ2) is 10.6. The molecule has 0 radical (unpaired) electrons. The van der Waals surface area contributed by atoms with E-state index in [0.717, 1.165) is 12.8 Å². The molecule has 1 aromatic rings. The molecule has 1 N–H and O–H groups in total. The van der Waals surface area contributed by atoms with E-state index in [0.29, 0.717) is 5.75 Å². The van der Waals surface area contributed by atoms with E-state index in [9.17, 15) is 13.6 Å². The number of benzene rings is 1. The van der Waals surface area contributed by atoms with Crippen LogP contribution in [0.4, 0.5) is 8.78 Å². The van der Waals surface area contributed by atoms with Crippen LogP contribution < -0.4 is 4.72 Å². The van der Waals surface area contributed by atoms with Gasteiger partial charge in [-0.1, -0.05) is 36.3 Å². The van der Waals surface area contributed by atoms with Gasteiger partial charge < -0.3 is 4.74 Å². The number of unbranched alkanes of at least 4 members (excludes halogenated alkanes) is 1. The number of hydrogen-bond donors (Lipinski definition) is 1. The van der Waals surface area contributed by atoms with Gasteiger partial charge in [-0.25, -0.2) is 13.6 Å². The van der Waals surface area contributed by atoms with Crippen LogP contribution in [0.2, 0.25) is 0 Å². The third-order valence-electron chi connectivity index (χ3n) is 3.19. The molecule has 0 heterocycles. The molecule has 4 nitrogen and oxygen atoms in total. The van der Waals surface area contributed by atoms with Crippen LogP contribution in [0.1, 0.15) is 38.3 Å². The molecule has 0 aromatic heterocycles. The molecular formula is C16H24F2NO3S+. The number of carbonyl (C=O) groups excluding carboxylic acids is 1. The van der Waals surface area contributed by atoms with E-state index in [-0.39, 0.29) is 12.2 Å².